The number of hydrogen-bond acceptors (Lipinski definition) is 4. The fourth-order valence-corrected chi connectivity index (χ4v) is 2.26. The van der Waals surface area contributed by atoms with Gasteiger partial charge in [-0.1, -0.05) is 25.1 Å². The van der Waals surface area contributed by atoms with Crippen LogP contribution in [0, 0.1) is 0 Å². The van der Waals surface area contributed by atoms with E-state index in [-0.39, 0.29) is 18.4 Å². The van der Waals surface area contributed by atoms with Gasteiger partial charge in [0.15, 0.2) is 5.82 Å². The Labute approximate surface area is 132 Å². The van der Waals surface area contributed by atoms with Crippen LogP contribution < -0.4 is 9.64 Å². The number of alkyl halides is 3. The molecule has 1 heterocycles. The van der Waals surface area contributed by atoms with Gasteiger partial charge in [-0.2, -0.15) is 18.2 Å². The summed E-state index contributed by atoms with van der Waals surface area (Å²) in [5.74, 6) is -0.225. The van der Waals surface area contributed by atoms with Crippen LogP contribution in [0.3, 0.4) is 0 Å². The molecule has 0 amide bonds. The molecule has 0 N–H and O–H groups in total. The van der Waals surface area contributed by atoms with Gasteiger partial charge in [0.1, 0.15) is 5.56 Å². The first-order valence-electron chi connectivity index (χ1n) is 7.27. The van der Waals surface area contributed by atoms with Crippen molar-refractivity contribution in [2.24, 2.45) is 0 Å². The number of benzene rings is 1. The van der Waals surface area contributed by atoms with E-state index in [1.54, 1.807) is 26.1 Å². The number of nitrogens with zero attached hydrogens (tertiary/aromatic N) is 3. The van der Waals surface area contributed by atoms with E-state index in [1.807, 2.05) is 19.1 Å². The predicted octanol–water partition coefficient (Wildman–Crippen LogP) is 4.22. The van der Waals surface area contributed by atoms with Crippen LogP contribution in [0.1, 0.15) is 25.0 Å². The summed E-state index contributed by atoms with van der Waals surface area (Å²) in [6.45, 7) is 3.94. The summed E-state index contributed by atoms with van der Waals surface area (Å²) in [6.07, 6.45) is -3.08. The van der Waals surface area contributed by atoms with Crippen LogP contribution in [0.25, 0.3) is 0 Å². The minimum atomic E-state index is -4.55. The summed E-state index contributed by atoms with van der Waals surface area (Å²) in [5.41, 5.74) is 0.704. The quantitative estimate of drug-likeness (QED) is 0.825. The van der Waals surface area contributed by atoms with Gasteiger partial charge in [0.2, 0.25) is 0 Å². The van der Waals surface area contributed by atoms with Crippen molar-refractivity contribution < 1.29 is 17.9 Å². The Kier molecular flexibility index (Phi) is 5.08. The van der Waals surface area contributed by atoms with E-state index in [9.17, 15) is 13.2 Å². The highest BCUT2D eigenvalue weighted by Gasteiger charge is 2.37. The molecule has 0 aliphatic heterocycles. The first kappa shape index (κ1) is 17.1. The van der Waals surface area contributed by atoms with Gasteiger partial charge in [0.25, 0.3) is 0 Å². The molecule has 2 rings (SSSR count). The highest BCUT2D eigenvalue weighted by Crippen LogP contribution is 2.38. The molecule has 0 aliphatic rings. The van der Waals surface area contributed by atoms with E-state index in [0.29, 0.717) is 12.1 Å². The largest absolute Gasteiger partial charge is 0.464 e. The van der Waals surface area contributed by atoms with Gasteiger partial charge in [0, 0.05) is 18.9 Å². The molecule has 0 radical (unpaired) electrons. The molecule has 0 aliphatic carbocycles. The summed E-state index contributed by atoms with van der Waals surface area (Å²) < 4.78 is 45.0. The van der Waals surface area contributed by atoms with E-state index in [1.165, 1.54) is 4.90 Å². The van der Waals surface area contributed by atoms with Gasteiger partial charge in [-0.25, -0.2) is 4.98 Å². The maximum atomic E-state index is 13.3. The van der Waals surface area contributed by atoms with Gasteiger partial charge in [0.05, 0.1) is 6.61 Å². The molecule has 0 spiro atoms. The van der Waals surface area contributed by atoms with E-state index in [4.69, 9.17) is 4.74 Å². The first-order chi connectivity index (χ1) is 10.9. The minimum absolute atomic E-state index is 0.0728. The molecule has 2 aromatic rings. The van der Waals surface area contributed by atoms with Crippen molar-refractivity contribution in [2.45, 2.75) is 26.4 Å². The number of hydrogen-bond donors (Lipinski definition) is 0. The molecule has 0 fully saturated rings. The fourth-order valence-electron chi connectivity index (χ4n) is 2.26. The summed E-state index contributed by atoms with van der Waals surface area (Å²) >= 11 is 0. The molecular weight excluding hydrogens is 307 g/mol. The monoisotopic (exact) mass is 325 g/mol. The first-order valence-corrected chi connectivity index (χ1v) is 7.27. The summed E-state index contributed by atoms with van der Waals surface area (Å²) in [7, 11) is 1.56. The average Bonchev–Trinajstić information content (AvgIpc) is 2.53. The van der Waals surface area contributed by atoms with E-state index < -0.39 is 11.7 Å². The Morgan fingerprint density at radius 1 is 1.17 bits per heavy atom. The average molecular weight is 325 g/mol. The number of rotatable bonds is 5. The maximum absolute atomic E-state index is 13.3. The Balaban J connectivity index is 2.56. The minimum Gasteiger partial charge on any atom is -0.464 e. The van der Waals surface area contributed by atoms with E-state index in [0.717, 1.165) is 11.8 Å². The SMILES string of the molecule is CCOc1ncc(C(F)(F)F)c(N(C)c2ccccc2CC)n1. The van der Waals surface area contributed by atoms with Crippen LogP contribution in [0.2, 0.25) is 0 Å². The van der Waals surface area contributed by atoms with Crippen molar-refractivity contribution in [2.75, 3.05) is 18.6 Å². The van der Waals surface area contributed by atoms with Gasteiger partial charge in [-0.15, -0.1) is 0 Å². The normalized spacial score (nSPS) is 11.4. The summed E-state index contributed by atoms with van der Waals surface area (Å²) in [5, 5.41) is 0. The van der Waals surface area contributed by atoms with Crippen LogP contribution in [0.5, 0.6) is 6.01 Å². The molecule has 4 nitrogen and oxygen atoms in total. The highest BCUT2D eigenvalue weighted by atomic mass is 19.4. The van der Waals surface area contributed by atoms with Crippen molar-refractivity contribution in [3.05, 3.63) is 41.6 Å². The second-order valence-corrected chi connectivity index (χ2v) is 4.86. The van der Waals surface area contributed by atoms with E-state index >= 15 is 0 Å². The van der Waals surface area contributed by atoms with Gasteiger partial charge in [-0.05, 0) is 25.0 Å². The molecule has 124 valence electrons. The van der Waals surface area contributed by atoms with Gasteiger partial charge >= 0.3 is 12.2 Å². The third kappa shape index (κ3) is 3.72. The standard InChI is InChI=1S/C16H18F3N3O/c1-4-11-8-6-7-9-13(11)22(3)14-12(16(17,18)19)10-20-15(21-14)23-5-2/h6-10H,4-5H2,1-3H3. The third-order valence-electron chi connectivity index (χ3n) is 3.38. The van der Waals surface area contributed by atoms with Crippen LogP contribution in [0.4, 0.5) is 24.7 Å². The molecule has 1 aromatic carbocycles. The predicted molar refractivity (Wildman–Crippen MR) is 82.1 cm³/mol. The molecule has 0 bridgehead atoms. The topological polar surface area (TPSA) is 38.2 Å². The van der Waals surface area contributed by atoms with Crippen LogP contribution in [-0.4, -0.2) is 23.6 Å². The number of para-hydroxylation sites is 1. The van der Waals surface area contributed by atoms with E-state index in [2.05, 4.69) is 9.97 Å². The Hall–Kier alpha value is -2.31. The zero-order chi connectivity index (χ0) is 17.0. The maximum Gasteiger partial charge on any atom is 0.421 e. The van der Waals surface area contributed by atoms with Gasteiger partial charge < -0.3 is 9.64 Å². The second kappa shape index (κ2) is 6.85. The molecule has 0 saturated heterocycles. The number of aromatic nitrogens is 2. The zero-order valence-corrected chi connectivity index (χ0v) is 13.2. The molecule has 7 heteroatoms. The second-order valence-electron chi connectivity index (χ2n) is 4.86. The lowest BCUT2D eigenvalue weighted by Crippen LogP contribution is -2.20. The summed E-state index contributed by atoms with van der Waals surface area (Å²) in [6, 6.07) is 7.21. The molecule has 0 atom stereocenters. The Bertz CT molecular complexity index is 674. The lowest BCUT2D eigenvalue weighted by Gasteiger charge is -2.24. The van der Waals surface area contributed by atoms with Crippen LogP contribution in [0.15, 0.2) is 30.5 Å². The Morgan fingerprint density at radius 3 is 2.48 bits per heavy atom. The highest BCUT2D eigenvalue weighted by molar-refractivity contribution is 5.66. The lowest BCUT2D eigenvalue weighted by atomic mass is 10.1. The fraction of sp³-hybridized carbons (Fsp3) is 0.375. The Morgan fingerprint density at radius 2 is 1.87 bits per heavy atom. The van der Waals surface area contributed by atoms with Crippen LogP contribution in [-0.2, 0) is 12.6 Å². The molecule has 0 unspecified atom stereocenters. The number of ether oxygens (including phenoxy) is 1. The molecule has 0 saturated carbocycles. The van der Waals surface area contributed by atoms with Crippen molar-refractivity contribution in [3.63, 3.8) is 0 Å². The zero-order valence-electron chi connectivity index (χ0n) is 13.2. The number of anilines is 2. The van der Waals surface area contributed by atoms with Crippen molar-refractivity contribution in [3.8, 4) is 6.01 Å². The van der Waals surface area contributed by atoms with Crippen molar-refractivity contribution >= 4 is 11.5 Å². The molecular formula is C16H18F3N3O. The number of halogens is 3. The van der Waals surface area contributed by atoms with Gasteiger partial charge in [-0.3, -0.25) is 0 Å². The van der Waals surface area contributed by atoms with Crippen LogP contribution >= 0.6 is 0 Å². The molecule has 1 aromatic heterocycles. The van der Waals surface area contributed by atoms with Crippen molar-refractivity contribution in [1.29, 1.82) is 0 Å². The third-order valence-corrected chi connectivity index (χ3v) is 3.38. The molecule has 23 heavy (non-hydrogen) atoms. The number of aryl methyl sites for hydroxylation is 1. The lowest BCUT2D eigenvalue weighted by molar-refractivity contribution is -0.137. The smallest absolute Gasteiger partial charge is 0.421 e. The van der Waals surface area contributed by atoms with Crippen molar-refractivity contribution in [1.82, 2.24) is 9.97 Å². The summed E-state index contributed by atoms with van der Waals surface area (Å²) in [4.78, 5) is 9.01.